The zero-order valence-corrected chi connectivity index (χ0v) is 27.2. The molecule has 0 amide bonds. The predicted molar refractivity (Wildman–Crippen MR) is 180 cm³/mol. The molecule has 4 nitrogen and oxygen atoms in total. The molecule has 0 aromatic heterocycles. The number of fused-ring (bicyclic) bond motifs is 12. The lowest BCUT2D eigenvalue weighted by molar-refractivity contribution is 0.310. The number of anilines is 2. The summed E-state index contributed by atoms with van der Waals surface area (Å²) in [5.74, 6) is 0. The highest BCUT2D eigenvalue weighted by Gasteiger charge is 2.53. The molecule has 4 aromatic rings. The molecule has 8 rings (SSSR count). The third-order valence-corrected chi connectivity index (χ3v) is 11.1. The van der Waals surface area contributed by atoms with E-state index < -0.39 is 0 Å². The quantitative estimate of drug-likeness (QED) is 0.212. The highest BCUT2D eigenvalue weighted by Crippen LogP contribution is 2.65. The minimum atomic E-state index is -0.332. The average Bonchev–Trinajstić information content (AvgIpc) is 3.39. The molecule has 2 aliphatic heterocycles. The Morgan fingerprint density at radius 1 is 0.512 bits per heavy atom. The van der Waals surface area contributed by atoms with Crippen LogP contribution in [0.5, 0.6) is 0 Å². The van der Waals surface area contributed by atoms with E-state index in [1.54, 1.807) is 0 Å². The van der Waals surface area contributed by atoms with Crippen molar-refractivity contribution in [2.75, 3.05) is 50.3 Å². The van der Waals surface area contributed by atoms with Gasteiger partial charge in [0.15, 0.2) is 0 Å². The van der Waals surface area contributed by atoms with E-state index >= 15 is 0 Å². The molecule has 4 aromatic carbocycles. The molecule has 0 unspecified atom stereocenters. The van der Waals surface area contributed by atoms with Crippen LogP contribution in [0.4, 0.5) is 11.4 Å². The van der Waals surface area contributed by atoms with Crippen molar-refractivity contribution in [3.63, 3.8) is 0 Å². The molecule has 2 aliphatic carbocycles. The normalized spacial score (nSPS) is 18.0. The molecule has 2 heterocycles. The number of hydrogen-bond donors (Lipinski definition) is 0. The van der Waals surface area contributed by atoms with Crippen molar-refractivity contribution in [3.8, 4) is 22.3 Å². The molecule has 4 heteroatoms. The molecule has 0 atom stereocenters. The Morgan fingerprint density at radius 3 is 1.26 bits per heavy atom. The summed E-state index contributed by atoms with van der Waals surface area (Å²) < 4.78 is 0. The zero-order chi connectivity index (χ0) is 29.9. The minimum absolute atomic E-state index is 0.332. The lowest BCUT2D eigenvalue weighted by Gasteiger charge is -2.39. The van der Waals surface area contributed by atoms with Crippen LogP contribution in [0.3, 0.4) is 0 Å². The first-order valence-corrected chi connectivity index (χ1v) is 16.1. The zero-order valence-electron chi connectivity index (χ0n) is 27.2. The first-order valence-electron chi connectivity index (χ1n) is 16.1. The van der Waals surface area contributed by atoms with Crippen molar-refractivity contribution >= 4 is 11.4 Å². The van der Waals surface area contributed by atoms with E-state index in [0.29, 0.717) is 0 Å². The Morgan fingerprint density at radius 2 is 0.860 bits per heavy atom. The third kappa shape index (κ3) is 3.51. The van der Waals surface area contributed by atoms with E-state index in [9.17, 15) is 0 Å². The van der Waals surface area contributed by atoms with Crippen molar-refractivity contribution in [2.45, 2.75) is 60.0 Å². The summed E-state index contributed by atoms with van der Waals surface area (Å²) in [4.78, 5) is 10.0. The second kappa shape index (κ2) is 9.20. The molecular formula is C39H44N4. The van der Waals surface area contributed by atoms with E-state index in [2.05, 4.69) is 124 Å². The highest BCUT2D eigenvalue weighted by molar-refractivity contribution is 5.97. The fourth-order valence-corrected chi connectivity index (χ4v) is 8.70. The third-order valence-electron chi connectivity index (χ3n) is 11.1. The minimum Gasteiger partial charge on any atom is -0.359 e. The van der Waals surface area contributed by atoms with E-state index in [0.717, 1.165) is 39.5 Å². The van der Waals surface area contributed by atoms with Gasteiger partial charge in [0.2, 0.25) is 0 Å². The Bertz CT molecular complexity index is 1710. The van der Waals surface area contributed by atoms with Gasteiger partial charge in [0.25, 0.3) is 0 Å². The maximum atomic E-state index is 2.60. The summed E-state index contributed by atoms with van der Waals surface area (Å²) in [5.41, 5.74) is 22.4. The van der Waals surface area contributed by atoms with E-state index in [1.165, 1.54) is 89.3 Å². The summed E-state index contributed by atoms with van der Waals surface area (Å²) in [7, 11) is 4.49. The van der Waals surface area contributed by atoms with Gasteiger partial charge in [-0.05, 0) is 158 Å². The van der Waals surface area contributed by atoms with Gasteiger partial charge in [-0.1, -0.05) is 24.3 Å². The van der Waals surface area contributed by atoms with Gasteiger partial charge in [-0.3, -0.25) is 9.80 Å². The molecule has 220 valence electrons. The molecular weight excluding hydrogens is 524 g/mol. The average molecular weight is 569 g/mol. The summed E-state index contributed by atoms with van der Waals surface area (Å²) in [6, 6.07) is 20.3. The maximum absolute atomic E-state index is 2.60. The Kier molecular flexibility index (Phi) is 5.77. The summed E-state index contributed by atoms with van der Waals surface area (Å²) in [6.07, 6.45) is 0. The van der Waals surface area contributed by atoms with Crippen LogP contribution in [0.1, 0.15) is 69.5 Å². The van der Waals surface area contributed by atoms with Gasteiger partial charge in [-0.25, -0.2) is 0 Å². The van der Waals surface area contributed by atoms with Gasteiger partial charge >= 0.3 is 0 Å². The number of hydrogen-bond acceptors (Lipinski definition) is 4. The van der Waals surface area contributed by atoms with Gasteiger partial charge in [-0.2, -0.15) is 0 Å². The highest BCUT2D eigenvalue weighted by atomic mass is 15.3. The first-order chi connectivity index (χ1) is 20.6. The molecule has 1 spiro atoms. The van der Waals surface area contributed by atoms with Gasteiger partial charge < -0.3 is 9.80 Å². The second-order valence-corrected chi connectivity index (χ2v) is 13.8. The van der Waals surface area contributed by atoms with Crippen molar-refractivity contribution < 1.29 is 0 Å². The van der Waals surface area contributed by atoms with Gasteiger partial charge in [-0.15, -0.1) is 0 Å². The predicted octanol–water partition coefficient (Wildman–Crippen LogP) is 7.72. The number of rotatable bonds is 2. The van der Waals surface area contributed by atoms with E-state index in [1.807, 2.05) is 0 Å². The fourth-order valence-electron chi connectivity index (χ4n) is 8.70. The molecule has 0 N–H and O–H groups in total. The number of aryl methyl sites for hydroxylation is 4. The molecule has 0 radical (unpaired) electrons. The van der Waals surface area contributed by atoms with Gasteiger partial charge in [0, 0.05) is 37.6 Å². The Hall–Kier alpha value is -3.60. The van der Waals surface area contributed by atoms with Crippen LogP contribution in [-0.4, -0.2) is 50.3 Å². The lowest BCUT2D eigenvalue weighted by Crippen LogP contribution is -2.40. The van der Waals surface area contributed by atoms with Crippen LogP contribution >= 0.6 is 0 Å². The standard InChI is InChI=1S/C39H44N4/c1-9-42-21-40(7)19-27-15-31-29-11-23(3)25(5)13-33(29)39(35(31)17-37(27)42)34-14-26(6)24(4)12-30(34)32-16-28-20-41(8)22-43(10-2)38(28)18-36(32)39/h11-18H,9-10,19-22H2,1-8H3. The Balaban J connectivity index is 1.53. The van der Waals surface area contributed by atoms with Crippen LogP contribution in [0, 0.1) is 27.7 Å². The molecule has 0 saturated heterocycles. The van der Waals surface area contributed by atoms with E-state index in [4.69, 9.17) is 0 Å². The fraction of sp³-hybridized carbons (Fsp3) is 0.385. The largest absolute Gasteiger partial charge is 0.359 e. The summed E-state index contributed by atoms with van der Waals surface area (Å²) in [5, 5.41) is 0. The number of nitrogens with zero attached hydrogens (tertiary/aromatic N) is 4. The molecule has 0 bridgehead atoms. The molecule has 43 heavy (non-hydrogen) atoms. The monoisotopic (exact) mass is 568 g/mol. The van der Waals surface area contributed by atoms with Crippen LogP contribution in [-0.2, 0) is 18.5 Å². The van der Waals surface area contributed by atoms with Crippen molar-refractivity contribution in [3.05, 3.63) is 104 Å². The van der Waals surface area contributed by atoms with E-state index in [-0.39, 0.29) is 5.41 Å². The summed E-state index contributed by atoms with van der Waals surface area (Å²) in [6.45, 7) is 19.7. The van der Waals surface area contributed by atoms with Gasteiger partial charge in [0.05, 0.1) is 18.8 Å². The first kappa shape index (κ1) is 27.0. The molecule has 4 aliphatic rings. The maximum Gasteiger partial charge on any atom is 0.0727 e. The summed E-state index contributed by atoms with van der Waals surface area (Å²) >= 11 is 0. The molecule has 0 fully saturated rings. The van der Waals surface area contributed by atoms with Crippen LogP contribution in [0.2, 0.25) is 0 Å². The van der Waals surface area contributed by atoms with Crippen LogP contribution in [0.25, 0.3) is 22.3 Å². The second-order valence-electron chi connectivity index (χ2n) is 13.8. The van der Waals surface area contributed by atoms with Gasteiger partial charge in [0.1, 0.15) is 0 Å². The number of benzene rings is 4. The Labute approximate surface area is 257 Å². The van der Waals surface area contributed by atoms with Crippen LogP contribution < -0.4 is 9.80 Å². The van der Waals surface area contributed by atoms with Crippen LogP contribution in [0.15, 0.2) is 48.5 Å². The smallest absolute Gasteiger partial charge is 0.0727 e. The SMILES string of the molecule is CCN1CN(C)Cc2cc3c(cc21)C1(c2cc(C)c(C)cc2-3)c2cc(C)c(C)cc2-c2cc3c(cc21)N(CC)CN(C)C3. The van der Waals surface area contributed by atoms with Crippen molar-refractivity contribution in [2.24, 2.45) is 0 Å². The molecule has 0 saturated carbocycles. The van der Waals surface area contributed by atoms with Crippen molar-refractivity contribution in [1.29, 1.82) is 0 Å². The lowest BCUT2D eigenvalue weighted by atomic mass is 9.69. The topological polar surface area (TPSA) is 13.0 Å². The van der Waals surface area contributed by atoms with Crippen molar-refractivity contribution in [1.82, 2.24) is 9.80 Å².